The molecular formula is C15H21N3O. The van der Waals surface area contributed by atoms with Gasteiger partial charge < -0.3 is 10.1 Å². The lowest BCUT2D eigenvalue weighted by Gasteiger charge is -2.19. The van der Waals surface area contributed by atoms with Crippen molar-refractivity contribution in [2.45, 2.75) is 32.2 Å². The topological polar surface area (TPSA) is 47.0 Å². The van der Waals surface area contributed by atoms with E-state index in [2.05, 4.69) is 22.2 Å². The Morgan fingerprint density at radius 1 is 1.26 bits per heavy atom. The van der Waals surface area contributed by atoms with Gasteiger partial charge in [-0.25, -0.2) is 9.97 Å². The molecule has 0 saturated carbocycles. The zero-order valence-corrected chi connectivity index (χ0v) is 11.6. The average molecular weight is 259 g/mol. The number of benzene rings is 1. The summed E-state index contributed by atoms with van der Waals surface area (Å²) in [4.78, 5) is 8.63. The summed E-state index contributed by atoms with van der Waals surface area (Å²) in [7, 11) is 1.73. The lowest BCUT2D eigenvalue weighted by Crippen LogP contribution is -2.25. The van der Waals surface area contributed by atoms with Crippen molar-refractivity contribution in [3.63, 3.8) is 0 Å². The fourth-order valence-corrected chi connectivity index (χ4v) is 2.16. The van der Waals surface area contributed by atoms with Crippen LogP contribution in [-0.4, -0.2) is 29.7 Å². The van der Waals surface area contributed by atoms with Gasteiger partial charge in [-0.15, -0.1) is 0 Å². The van der Waals surface area contributed by atoms with Gasteiger partial charge in [-0.2, -0.15) is 0 Å². The zero-order chi connectivity index (χ0) is 13.5. The Balaban J connectivity index is 2.18. The van der Waals surface area contributed by atoms with Crippen molar-refractivity contribution in [2.24, 2.45) is 0 Å². The molecule has 1 unspecified atom stereocenters. The number of rotatable bonds is 7. The van der Waals surface area contributed by atoms with E-state index in [1.807, 2.05) is 24.3 Å². The van der Waals surface area contributed by atoms with E-state index in [-0.39, 0.29) is 0 Å². The van der Waals surface area contributed by atoms with Gasteiger partial charge in [0.15, 0.2) is 0 Å². The van der Waals surface area contributed by atoms with Crippen LogP contribution in [0.25, 0.3) is 10.9 Å². The first-order valence-electron chi connectivity index (χ1n) is 6.80. The molecule has 1 heterocycles. The largest absolute Gasteiger partial charge is 0.383 e. The van der Waals surface area contributed by atoms with Gasteiger partial charge >= 0.3 is 0 Å². The Bertz CT molecular complexity index is 510. The van der Waals surface area contributed by atoms with E-state index in [4.69, 9.17) is 4.74 Å². The van der Waals surface area contributed by atoms with Crippen molar-refractivity contribution in [2.75, 3.05) is 19.0 Å². The Kier molecular flexibility index (Phi) is 5.10. The molecule has 19 heavy (non-hydrogen) atoms. The van der Waals surface area contributed by atoms with Crippen LogP contribution in [0.4, 0.5) is 5.82 Å². The quantitative estimate of drug-likeness (QED) is 0.829. The highest BCUT2D eigenvalue weighted by molar-refractivity contribution is 5.88. The molecule has 1 atom stereocenters. The second-order valence-electron chi connectivity index (χ2n) is 4.68. The van der Waals surface area contributed by atoms with Gasteiger partial charge in [-0.1, -0.05) is 31.9 Å². The van der Waals surface area contributed by atoms with E-state index >= 15 is 0 Å². The van der Waals surface area contributed by atoms with Crippen molar-refractivity contribution < 1.29 is 4.74 Å². The Labute approximate surface area is 114 Å². The minimum atomic E-state index is 0.295. The monoisotopic (exact) mass is 259 g/mol. The molecular weight excluding hydrogens is 238 g/mol. The molecule has 0 saturated heterocycles. The fraction of sp³-hybridized carbons (Fsp3) is 0.467. The van der Waals surface area contributed by atoms with E-state index in [0.29, 0.717) is 12.6 Å². The molecule has 0 amide bonds. The summed E-state index contributed by atoms with van der Waals surface area (Å²) >= 11 is 0. The summed E-state index contributed by atoms with van der Waals surface area (Å²) in [6.07, 6.45) is 5.06. The third-order valence-corrected chi connectivity index (χ3v) is 3.16. The number of hydrogen-bond donors (Lipinski definition) is 1. The Morgan fingerprint density at radius 2 is 2.11 bits per heavy atom. The van der Waals surface area contributed by atoms with Gasteiger partial charge in [0.2, 0.25) is 0 Å². The number of para-hydroxylation sites is 1. The molecule has 4 heteroatoms. The molecule has 0 radical (unpaired) electrons. The number of hydrogen-bond acceptors (Lipinski definition) is 4. The normalized spacial score (nSPS) is 12.5. The first-order valence-corrected chi connectivity index (χ1v) is 6.80. The van der Waals surface area contributed by atoms with Crippen LogP contribution in [0.2, 0.25) is 0 Å². The smallest absolute Gasteiger partial charge is 0.137 e. The van der Waals surface area contributed by atoms with Crippen molar-refractivity contribution in [1.82, 2.24) is 9.97 Å². The number of unbranched alkanes of at least 4 members (excludes halogenated alkanes) is 1. The maximum absolute atomic E-state index is 5.28. The predicted octanol–water partition coefficient (Wildman–Crippen LogP) is 3.25. The molecule has 2 rings (SSSR count). The summed E-state index contributed by atoms with van der Waals surface area (Å²) in [6.45, 7) is 2.89. The molecule has 0 aliphatic carbocycles. The summed E-state index contributed by atoms with van der Waals surface area (Å²) in [5, 5.41) is 4.54. The number of fused-ring (bicyclic) bond motifs is 1. The van der Waals surface area contributed by atoms with Crippen molar-refractivity contribution in [3.8, 4) is 0 Å². The van der Waals surface area contributed by atoms with E-state index in [1.54, 1.807) is 13.4 Å². The SMILES string of the molecule is CCCCC(COC)Nc1ncnc2ccccc12. The number of anilines is 1. The molecule has 0 bridgehead atoms. The third-order valence-electron chi connectivity index (χ3n) is 3.16. The van der Waals surface area contributed by atoms with Gasteiger partial charge in [0.05, 0.1) is 18.2 Å². The summed E-state index contributed by atoms with van der Waals surface area (Å²) < 4.78 is 5.28. The van der Waals surface area contributed by atoms with Crippen LogP contribution >= 0.6 is 0 Å². The van der Waals surface area contributed by atoms with E-state index in [9.17, 15) is 0 Å². The van der Waals surface area contributed by atoms with Crippen molar-refractivity contribution in [1.29, 1.82) is 0 Å². The molecule has 0 spiro atoms. The van der Waals surface area contributed by atoms with Crippen molar-refractivity contribution in [3.05, 3.63) is 30.6 Å². The highest BCUT2D eigenvalue weighted by atomic mass is 16.5. The first-order chi connectivity index (χ1) is 9.35. The van der Waals surface area contributed by atoms with E-state index < -0.39 is 0 Å². The molecule has 4 nitrogen and oxygen atoms in total. The van der Waals surface area contributed by atoms with Crippen LogP contribution in [0.1, 0.15) is 26.2 Å². The lowest BCUT2D eigenvalue weighted by atomic mass is 10.1. The van der Waals surface area contributed by atoms with Crippen LogP contribution in [0.5, 0.6) is 0 Å². The zero-order valence-electron chi connectivity index (χ0n) is 11.6. The molecule has 1 N–H and O–H groups in total. The second-order valence-corrected chi connectivity index (χ2v) is 4.68. The van der Waals surface area contributed by atoms with Gasteiger partial charge in [0, 0.05) is 12.5 Å². The molecule has 0 aliphatic rings. The predicted molar refractivity (Wildman–Crippen MR) is 78.3 cm³/mol. The van der Waals surface area contributed by atoms with Gasteiger partial charge in [-0.3, -0.25) is 0 Å². The van der Waals surface area contributed by atoms with Crippen LogP contribution < -0.4 is 5.32 Å². The van der Waals surface area contributed by atoms with Crippen molar-refractivity contribution >= 4 is 16.7 Å². The number of nitrogens with zero attached hydrogens (tertiary/aromatic N) is 2. The number of aromatic nitrogens is 2. The molecule has 102 valence electrons. The van der Waals surface area contributed by atoms with E-state index in [1.165, 1.54) is 12.8 Å². The second kappa shape index (κ2) is 7.04. The first kappa shape index (κ1) is 13.7. The average Bonchev–Trinajstić information content (AvgIpc) is 2.45. The van der Waals surface area contributed by atoms with Crippen LogP contribution in [0, 0.1) is 0 Å². The maximum Gasteiger partial charge on any atom is 0.137 e. The summed E-state index contributed by atoms with van der Waals surface area (Å²) in [5.74, 6) is 0.892. The fourth-order valence-electron chi connectivity index (χ4n) is 2.16. The highest BCUT2D eigenvalue weighted by Crippen LogP contribution is 2.20. The molecule has 1 aromatic heterocycles. The number of ether oxygens (including phenoxy) is 1. The molecule has 1 aromatic carbocycles. The molecule has 2 aromatic rings. The van der Waals surface area contributed by atoms with E-state index in [0.717, 1.165) is 23.1 Å². The third kappa shape index (κ3) is 3.64. The van der Waals surface area contributed by atoms with Crippen LogP contribution in [0.15, 0.2) is 30.6 Å². The minimum Gasteiger partial charge on any atom is -0.383 e. The highest BCUT2D eigenvalue weighted by Gasteiger charge is 2.10. The van der Waals surface area contributed by atoms with Crippen LogP contribution in [-0.2, 0) is 4.74 Å². The number of methoxy groups -OCH3 is 1. The Hall–Kier alpha value is -1.68. The lowest BCUT2D eigenvalue weighted by molar-refractivity contribution is 0.182. The maximum atomic E-state index is 5.28. The van der Waals surface area contributed by atoms with Crippen LogP contribution in [0.3, 0.4) is 0 Å². The Morgan fingerprint density at radius 3 is 2.89 bits per heavy atom. The van der Waals surface area contributed by atoms with Gasteiger partial charge in [0.1, 0.15) is 12.1 Å². The molecule has 0 aliphatic heterocycles. The van der Waals surface area contributed by atoms with Gasteiger partial charge in [-0.05, 0) is 18.6 Å². The van der Waals surface area contributed by atoms with Gasteiger partial charge in [0.25, 0.3) is 0 Å². The summed E-state index contributed by atoms with van der Waals surface area (Å²) in [5.41, 5.74) is 0.964. The minimum absolute atomic E-state index is 0.295. The molecule has 0 fully saturated rings. The standard InChI is InChI=1S/C15H21N3O/c1-3-4-7-12(10-19-2)18-15-13-8-5-6-9-14(13)16-11-17-15/h5-6,8-9,11-12H,3-4,7,10H2,1-2H3,(H,16,17,18). The number of nitrogens with one attached hydrogen (secondary N) is 1. The summed E-state index contributed by atoms with van der Waals surface area (Å²) in [6, 6.07) is 8.33.